The lowest BCUT2D eigenvalue weighted by Gasteiger charge is -2.25. The van der Waals surface area contributed by atoms with Gasteiger partial charge in [0.15, 0.2) is 0 Å². The molecule has 1 fully saturated rings. The molecular formula is C12H15ClN. The summed E-state index contributed by atoms with van der Waals surface area (Å²) in [5.74, 6) is 1.53. The highest BCUT2D eigenvalue weighted by atomic mass is 35.5. The molecule has 0 bridgehead atoms. The average molecular weight is 209 g/mol. The first-order valence-corrected chi connectivity index (χ1v) is 5.50. The molecule has 1 aliphatic rings. The first kappa shape index (κ1) is 10.0. The Kier molecular flexibility index (Phi) is 3.09. The molecule has 1 saturated carbocycles. The normalized spacial score (nSPS) is 19.9. The van der Waals surface area contributed by atoms with Crippen LogP contribution in [0.2, 0.25) is 5.02 Å². The van der Waals surface area contributed by atoms with Crippen LogP contribution >= 0.6 is 11.6 Å². The maximum atomic E-state index is 5.86. The van der Waals surface area contributed by atoms with Gasteiger partial charge in [-0.3, -0.25) is 0 Å². The van der Waals surface area contributed by atoms with Crippen molar-refractivity contribution in [3.63, 3.8) is 0 Å². The van der Waals surface area contributed by atoms with Crippen LogP contribution in [0, 0.1) is 5.92 Å². The number of halogens is 1. The highest BCUT2D eigenvalue weighted by Gasteiger charge is 2.20. The summed E-state index contributed by atoms with van der Waals surface area (Å²) < 4.78 is 0. The van der Waals surface area contributed by atoms with E-state index in [9.17, 15) is 0 Å². The van der Waals surface area contributed by atoms with Gasteiger partial charge in [0.1, 0.15) is 0 Å². The highest BCUT2D eigenvalue weighted by Crippen LogP contribution is 2.31. The number of rotatable bonds is 1. The molecule has 0 amide bonds. The Balaban J connectivity index is 2.05. The van der Waals surface area contributed by atoms with Crippen molar-refractivity contribution in [3.8, 4) is 0 Å². The molecule has 1 aromatic carbocycles. The summed E-state index contributed by atoms with van der Waals surface area (Å²) in [5.41, 5.74) is 7.20. The second-order valence-corrected chi connectivity index (χ2v) is 4.38. The zero-order chi connectivity index (χ0) is 9.97. The van der Waals surface area contributed by atoms with Crippen molar-refractivity contribution >= 4 is 11.6 Å². The second kappa shape index (κ2) is 4.33. The Morgan fingerprint density at radius 1 is 1.07 bits per heavy atom. The molecule has 0 unspecified atom stereocenters. The highest BCUT2D eigenvalue weighted by molar-refractivity contribution is 6.30. The lowest BCUT2D eigenvalue weighted by atomic mass is 9.82. The minimum atomic E-state index is 0.408. The molecule has 75 valence electrons. The molecule has 1 aromatic rings. The smallest absolute Gasteiger partial charge is 0.0406 e. The van der Waals surface area contributed by atoms with Crippen molar-refractivity contribution in [1.82, 2.24) is 0 Å². The molecule has 0 spiro atoms. The molecule has 1 aliphatic carbocycles. The molecule has 0 saturated heterocycles. The largest absolute Gasteiger partial charge is 0.328 e. The fourth-order valence-electron chi connectivity index (χ4n) is 1.96. The van der Waals surface area contributed by atoms with Gasteiger partial charge in [0.05, 0.1) is 0 Å². The van der Waals surface area contributed by atoms with Crippen LogP contribution in [-0.2, 0) is 0 Å². The Morgan fingerprint density at radius 2 is 1.64 bits per heavy atom. The molecular weight excluding hydrogens is 194 g/mol. The molecule has 0 atom stereocenters. The molecule has 14 heavy (non-hydrogen) atoms. The lowest BCUT2D eigenvalue weighted by Crippen LogP contribution is -2.25. The van der Waals surface area contributed by atoms with E-state index in [2.05, 4.69) is 12.1 Å². The topological polar surface area (TPSA) is 26.0 Å². The minimum absolute atomic E-state index is 0.408. The summed E-state index contributed by atoms with van der Waals surface area (Å²) in [6.07, 6.45) is 4.53. The van der Waals surface area contributed by atoms with Crippen LogP contribution < -0.4 is 5.73 Å². The third-order valence-electron chi connectivity index (χ3n) is 2.89. The summed E-state index contributed by atoms with van der Waals surface area (Å²) in [5, 5.41) is 0.807. The van der Waals surface area contributed by atoms with Gasteiger partial charge in [-0.15, -0.1) is 0 Å². The minimum Gasteiger partial charge on any atom is -0.328 e. The van der Waals surface area contributed by atoms with E-state index in [1.165, 1.54) is 11.5 Å². The Labute approximate surface area is 90.3 Å². The summed E-state index contributed by atoms with van der Waals surface area (Å²) in [7, 11) is 0. The Morgan fingerprint density at radius 3 is 2.21 bits per heavy atom. The summed E-state index contributed by atoms with van der Waals surface area (Å²) in [6, 6.07) is 8.53. The Bertz CT molecular complexity index is 286. The fraction of sp³-hybridized carbons (Fsp3) is 0.417. The van der Waals surface area contributed by atoms with Gasteiger partial charge in [0.2, 0.25) is 0 Å². The van der Waals surface area contributed by atoms with Crippen LogP contribution in [0.3, 0.4) is 0 Å². The number of nitrogens with two attached hydrogens (primary N) is 1. The van der Waals surface area contributed by atoms with Crippen molar-refractivity contribution in [2.75, 3.05) is 0 Å². The van der Waals surface area contributed by atoms with Gasteiger partial charge < -0.3 is 5.73 Å². The lowest BCUT2D eigenvalue weighted by molar-refractivity contribution is 0.478. The quantitative estimate of drug-likeness (QED) is 0.754. The first-order chi connectivity index (χ1) is 6.75. The third-order valence-corrected chi connectivity index (χ3v) is 3.14. The number of hydrogen-bond acceptors (Lipinski definition) is 1. The van der Waals surface area contributed by atoms with Crippen LogP contribution in [-0.4, -0.2) is 6.04 Å². The monoisotopic (exact) mass is 208 g/mol. The van der Waals surface area contributed by atoms with Gasteiger partial charge >= 0.3 is 0 Å². The van der Waals surface area contributed by atoms with Gasteiger partial charge in [-0.05, 0) is 43.4 Å². The van der Waals surface area contributed by atoms with Crippen LogP contribution in [0.15, 0.2) is 24.3 Å². The van der Waals surface area contributed by atoms with Gasteiger partial charge in [0, 0.05) is 17.0 Å². The van der Waals surface area contributed by atoms with E-state index in [0.29, 0.717) is 6.04 Å². The van der Waals surface area contributed by atoms with Gasteiger partial charge in [-0.1, -0.05) is 23.7 Å². The maximum absolute atomic E-state index is 5.86. The third kappa shape index (κ3) is 2.28. The van der Waals surface area contributed by atoms with E-state index in [-0.39, 0.29) is 0 Å². The molecule has 0 aromatic heterocycles. The molecule has 2 heteroatoms. The van der Waals surface area contributed by atoms with Crippen LogP contribution in [0.4, 0.5) is 0 Å². The molecule has 2 rings (SSSR count). The van der Waals surface area contributed by atoms with Gasteiger partial charge in [-0.2, -0.15) is 0 Å². The van der Waals surface area contributed by atoms with Crippen molar-refractivity contribution in [1.29, 1.82) is 0 Å². The van der Waals surface area contributed by atoms with E-state index >= 15 is 0 Å². The second-order valence-electron chi connectivity index (χ2n) is 3.95. The molecule has 0 heterocycles. The zero-order valence-electron chi connectivity index (χ0n) is 8.17. The predicted octanol–water partition coefficient (Wildman–Crippen LogP) is 3.16. The molecule has 1 radical (unpaired) electrons. The predicted molar refractivity (Wildman–Crippen MR) is 60.2 cm³/mol. The van der Waals surface area contributed by atoms with E-state index in [1.54, 1.807) is 0 Å². The standard InChI is InChI=1S/C12H15ClN/c13-11-5-1-9(2-6-11)10-3-7-12(14)8-4-10/h1-2,5-6,12H,3-4,7-8,14H2. The van der Waals surface area contributed by atoms with Crippen LogP contribution in [0.1, 0.15) is 31.2 Å². The van der Waals surface area contributed by atoms with Gasteiger partial charge in [-0.25, -0.2) is 0 Å². The summed E-state index contributed by atoms with van der Waals surface area (Å²) in [4.78, 5) is 0. The summed E-state index contributed by atoms with van der Waals surface area (Å²) >= 11 is 5.84. The number of benzene rings is 1. The zero-order valence-corrected chi connectivity index (χ0v) is 8.93. The SMILES string of the molecule is NC1CC[C](c2ccc(Cl)cc2)CC1. The average Bonchev–Trinajstić information content (AvgIpc) is 2.21. The van der Waals surface area contributed by atoms with Crippen molar-refractivity contribution in [3.05, 3.63) is 40.8 Å². The maximum Gasteiger partial charge on any atom is 0.0406 e. The van der Waals surface area contributed by atoms with Crippen LogP contribution in [0.25, 0.3) is 0 Å². The molecule has 2 N–H and O–H groups in total. The summed E-state index contributed by atoms with van der Waals surface area (Å²) in [6.45, 7) is 0. The van der Waals surface area contributed by atoms with E-state index < -0.39 is 0 Å². The van der Waals surface area contributed by atoms with E-state index in [0.717, 1.165) is 30.7 Å². The van der Waals surface area contributed by atoms with Crippen LogP contribution in [0.5, 0.6) is 0 Å². The van der Waals surface area contributed by atoms with Crippen molar-refractivity contribution < 1.29 is 0 Å². The van der Waals surface area contributed by atoms with E-state index in [4.69, 9.17) is 17.3 Å². The van der Waals surface area contributed by atoms with E-state index in [1.807, 2.05) is 12.1 Å². The first-order valence-electron chi connectivity index (χ1n) is 5.12. The van der Waals surface area contributed by atoms with Crippen molar-refractivity contribution in [2.24, 2.45) is 5.73 Å². The molecule has 0 aliphatic heterocycles. The molecule has 1 nitrogen and oxygen atoms in total. The Hall–Kier alpha value is -0.530. The van der Waals surface area contributed by atoms with Crippen molar-refractivity contribution in [2.45, 2.75) is 31.7 Å². The fourth-order valence-corrected chi connectivity index (χ4v) is 2.09. The van der Waals surface area contributed by atoms with Gasteiger partial charge in [0.25, 0.3) is 0 Å². The number of hydrogen-bond donors (Lipinski definition) is 1.